The van der Waals surface area contributed by atoms with Gasteiger partial charge >= 0.3 is 11.9 Å². The Kier molecular flexibility index (Phi) is 3.65. The Hall–Kier alpha value is -1.14. The molecule has 0 spiro atoms. The van der Waals surface area contributed by atoms with Crippen LogP contribution in [0.2, 0.25) is 0 Å². The van der Waals surface area contributed by atoms with Gasteiger partial charge in [0.05, 0.1) is 6.10 Å². The van der Waals surface area contributed by atoms with Crippen LogP contribution in [0.15, 0.2) is 0 Å². The van der Waals surface area contributed by atoms with Gasteiger partial charge in [-0.15, -0.1) is 0 Å². The van der Waals surface area contributed by atoms with Gasteiger partial charge in [-0.1, -0.05) is 0 Å². The van der Waals surface area contributed by atoms with E-state index in [1.54, 1.807) is 0 Å². The summed E-state index contributed by atoms with van der Waals surface area (Å²) in [6.07, 6.45) is -3.18. The van der Waals surface area contributed by atoms with Crippen molar-refractivity contribution < 1.29 is 30.0 Å². The van der Waals surface area contributed by atoms with Crippen molar-refractivity contribution in [3.8, 4) is 0 Å². The molecule has 0 aromatic carbocycles. The van der Waals surface area contributed by atoms with Crippen LogP contribution < -0.4 is 0 Å². The fraction of sp³-hybridized carbons (Fsp3) is 0.667. The Morgan fingerprint density at radius 2 is 1.42 bits per heavy atom. The molecule has 70 valence electrons. The van der Waals surface area contributed by atoms with E-state index in [0.29, 0.717) is 0 Å². The van der Waals surface area contributed by atoms with Crippen LogP contribution in [0.4, 0.5) is 0 Å². The van der Waals surface area contributed by atoms with Crippen LogP contribution in [-0.4, -0.2) is 44.6 Å². The van der Waals surface area contributed by atoms with Gasteiger partial charge in [-0.25, -0.2) is 0 Å². The fourth-order valence-corrected chi connectivity index (χ4v) is 0.676. The molecule has 0 amide bonds. The molecule has 0 heterocycles. The van der Waals surface area contributed by atoms with Crippen LogP contribution in [0.1, 0.15) is 6.92 Å². The highest BCUT2D eigenvalue weighted by molar-refractivity contribution is 5.93. The molecule has 0 aliphatic carbocycles. The van der Waals surface area contributed by atoms with Gasteiger partial charge in [0.2, 0.25) is 0 Å². The molecule has 0 aliphatic heterocycles. The second kappa shape index (κ2) is 4.03. The van der Waals surface area contributed by atoms with Gasteiger partial charge in [-0.3, -0.25) is 9.59 Å². The average Bonchev–Trinajstić information content (AvgIpc) is 1.85. The molecule has 0 bridgehead atoms. The van der Waals surface area contributed by atoms with E-state index in [2.05, 4.69) is 0 Å². The lowest BCUT2D eigenvalue weighted by atomic mass is 9.99. The van der Waals surface area contributed by atoms with Crippen LogP contribution in [0.3, 0.4) is 0 Å². The number of carboxylic acids is 2. The van der Waals surface area contributed by atoms with E-state index < -0.39 is 30.1 Å². The van der Waals surface area contributed by atoms with Crippen LogP contribution in [0, 0.1) is 5.92 Å². The third-order valence-corrected chi connectivity index (χ3v) is 1.37. The van der Waals surface area contributed by atoms with Gasteiger partial charge in [0.15, 0.2) is 5.92 Å². The van der Waals surface area contributed by atoms with Gasteiger partial charge in [-0.05, 0) is 6.92 Å². The zero-order valence-electron chi connectivity index (χ0n) is 6.34. The lowest BCUT2D eigenvalue weighted by Gasteiger charge is -2.17. The number of aliphatic hydroxyl groups excluding tert-OH is 2. The lowest BCUT2D eigenvalue weighted by molar-refractivity contribution is -0.163. The van der Waals surface area contributed by atoms with Crippen LogP contribution in [-0.2, 0) is 9.59 Å². The summed E-state index contributed by atoms with van der Waals surface area (Å²) in [6.45, 7) is 1.11. The molecule has 0 saturated heterocycles. The predicted octanol–water partition coefficient (Wildman–Crippen LogP) is -1.49. The Balaban J connectivity index is 4.52. The van der Waals surface area contributed by atoms with Crippen molar-refractivity contribution in [1.29, 1.82) is 0 Å². The first-order valence-electron chi connectivity index (χ1n) is 3.19. The van der Waals surface area contributed by atoms with Gasteiger partial charge in [0.1, 0.15) is 6.10 Å². The highest BCUT2D eigenvalue weighted by Crippen LogP contribution is 2.08. The first-order chi connectivity index (χ1) is 5.37. The van der Waals surface area contributed by atoms with Gasteiger partial charge < -0.3 is 20.4 Å². The van der Waals surface area contributed by atoms with E-state index in [4.69, 9.17) is 20.4 Å². The number of hydrogen-bond acceptors (Lipinski definition) is 4. The number of rotatable bonds is 4. The minimum Gasteiger partial charge on any atom is -0.481 e. The quantitative estimate of drug-likeness (QED) is 0.390. The maximum absolute atomic E-state index is 10.2. The second-order valence-corrected chi connectivity index (χ2v) is 2.39. The zero-order valence-corrected chi connectivity index (χ0v) is 6.34. The summed E-state index contributed by atoms with van der Waals surface area (Å²) in [7, 11) is 0. The molecule has 0 aromatic rings. The van der Waals surface area contributed by atoms with Crippen molar-refractivity contribution in [2.75, 3.05) is 0 Å². The van der Waals surface area contributed by atoms with Gasteiger partial charge in [0.25, 0.3) is 0 Å². The topological polar surface area (TPSA) is 115 Å². The van der Waals surface area contributed by atoms with Crippen LogP contribution in [0.5, 0.6) is 0 Å². The molecule has 2 atom stereocenters. The normalized spacial score (nSPS) is 15.7. The van der Waals surface area contributed by atoms with E-state index in [0.717, 1.165) is 6.92 Å². The Morgan fingerprint density at radius 3 is 1.50 bits per heavy atom. The molecule has 0 radical (unpaired) electrons. The van der Waals surface area contributed by atoms with Crippen molar-refractivity contribution in [2.45, 2.75) is 19.1 Å². The van der Waals surface area contributed by atoms with Crippen molar-refractivity contribution in [3.05, 3.63) is 0 Å². The standard InChI is InChI=1S/C6H10O6/c1-2(7)4(8)3(5(9)10)6(11)12/h2-4,7-8H,1H3,(H,9,10)(H,11,12)/t2-,4+/m1/s1. The highest BCUT2D eigenvalue weighted by Gasteiger charge is 2.36. The van der Waals surface area contributed by atoms with Gasteiger partial charge in [0, 0.05) is 0 Å². The molecule has 4 N–H and O–H groups in total. The molecule has 0 unspecified atom stereocenters. The Bertz CT molecular complexity index is 172. The smallest absolute Gasteiger partial charge is 0.320 e. The summed E-state index contributed by atoms with van der Waals surface area (Å²) in [5.41, 5.74) is 0. The first-order valence-corrected chi connectivity index (χ1v) is 3.19. The number of carboxylic acid groups (broad SMARTS) is 2. The Morgan fingerprint density at radius 1 is 1.08 bits per heavy atom. The minimum atomic E-state index is -1.98. The number of carbonyl (C=O) groups is 2. The van der Waals surface area contributed by atoms with Crippen molar-refractivity contribution >= 4 is 11.9 Å². The van der Waals surface area contributed by atoms with E-state index in [9.17, 15) is 9.59 Å². The largest absolute Gasteiger partial charge is 0.481 e. The van der Waals surface area contributed by atoms with Crippen molar-refractivity contribution in [3.63, 3.8) is 0 Å². The molecule has 0 aliphatic rings. The first kappa shape index (κ1) is 10.9. The monoisotopic (exact) mass is 178 g/mol. The molecule has 12 heavy (non-hydrogen) atoms. The third-order valence-electron chi connectivity index (χ3n) is 1.37. The number of hydrogen-bond donors (Lipinski definition) is 4. The summed E-state index contributed by atoms with van der Waals surface area (Å²) in [6, 6.07) is 0. The lowest BCUT2D eigenvalue weighted by Crippen LogP contribution is -2.41. The molecular formula is C6H10O6. The molecule has 0 saturated carbocycles. The van der Waals surface area contributed by atoms with Crippen LogP contribution in [0.25, 0.3) is 0 Å². The molecular weight excluding hydrogens is 168 g/mol. The minimum absolute atomic E-state index is 1.11. The summed E-state index contributed by atoms with van der Waals surface area (Å²) in [5, 5.41) is 34.2. The van der Waals surface area contributed by atoms with E-state index >= 15 is 0 Å². The fourth-order valence-electron chi connectivity index (χ4n) is 0.676. The zero-order chi connectivity index (χ0) is 9.89. The molecule has 0 fully saturated rings. The molecule has 0 aromatic heterocycles. The summed E-state index contributed by atoms with van der Waals surface area (Å²) in [5.74, 6) is -5.32. The second-order valence-electron chi connectivity index (χ2n) is 2.39. The van der Waals surface area contributed by atoms with Crippen molar-refractivity contribution in [1.82, 2.24) is 0 Å². The maximum Gasteiger partial charge on any atom is 0.320 e. The predicted molar refractivity (Wildman–Crippen MR) is 36.4 cm³/mol. The third kappa shape index (κ3) is 2.48. The summed E-state index contributed by atoms with van der Waals surface area (Å²) < 4.78 is 0. The van der Waals surface area contributed by atoms with Gasteiger partial charge in [-0.2, -0.15) is 0 Å². The summed E-state index contributed by atoms with van der Waals surface area (Å²) >= 11 is 0. The van der Waals surface area contributed by atoms with E-state index in [-0.39, 0.29) is 0 Å². The number of aliphatic hydroxyl groups is 2. The number of aliphatic carboxylic acids is 2. The van der Waals surface area contributed by atoms with Crippen LogP contribution >= 0.6 is 0 Å². The average molecular weight is 178 g/mol. The van der Waals surface area contributed by atoms with Crippen molar-refractivity contribution in [2.24, 2.45) is 5.92 Å². The van der Waals surface area contributed by atoms with E-state index in [1.807, 2.05) is 0 Å². The summed E-state index contributed by atoms with van der Waals surface area (Å²) in [4.78, 5) is 20.5. The highest BCUT2D eigenvalue weighted by atomic mass is 16.4. The SMILES string of the molecule is C[C@@H](O)[C@H](O)C(C(=O)O)C(=O)O. The Labute approximate surface area is 68.1 Å². The maximum atomic E-state index is 10.2. The van der Waals surface area contributed by atoms with E-state index in [1.165, 1.54) is 0 Å². The molecule has 0 rings (SSSR count). The molecule has 6 nitrogen and oxygen atoms in total. The molecule has 6 heteroatoms.